The van der Waals surface area contributed by atoms with Gasteiger partial charge in [-0.05, 0) is 70.5 Å². The molecule has 0 spiro atoms. The van der Waals surface area contributed by atoms with Gasteiger partial charge in [0.1, 0.15) is 12.7 Å². The predicted molar refractivity (Wildman–Crippen MR) is 138 cm³/mol. The number of likely N-dealkylation sites (tertiary alicyclic amines) is 1. The third-order valence-corrected chi connectivity index (χ3v) is 7.20. The van der Waals surface area contributed by atoms with Crippen molar-refractivity contribution in [3.63, 3.8) is 0 Å². The smallest absolute Gasteiger partial charge is 0.412 e. The molecule has 1 aromatic carbocycles. The summed E-state index contributed by atoms with van der Waals surface area (Å²) in [6.07, 6.45) is 5.91. The van der Waals surface area contributed by atoms with Gasteiger partial charge in [0.05, 0.1) is 0 Å². The Morgan fingerprint density at radius 1 is 1.11 bits per heavy atom. The summed E-state index contributed by atoms with van der Waals surface area (Å²) in [7, 11) is 0. The van der Waals surface area contributed by atoms with E-state index < -0.39 is 36.0 Å². The lowest BCUT2D eigenvalue weighted by molar-refractivity contribution is -0.278. The van der Waals surface area contributed by atoms with Crippen molar-refractivity contribution < 1.29 is 28.5 Å². The first-order valence-electron chi connectivity index (χ1n) is 13.4. The molecule has 0 radical (unpaired) electrons. The van der Waals surface area contributed by atoms with E-state index in [0.29, 0.717) is 23.9 Å². The number of amides is 1. The molecular weight excluding hydrogens is 484 g/mol. The third kappa shape index (κ3) is 7.11. The van der Waals surface area contributed by atoms with E-state index in [1.807, 2.05) is 13.8 Å². The number of nitrogens with zero attached hydrogens (tertiary/aromatic N) is 1. The molecule has 0 aromatic heterocycles. The van der Waals surface area contributed by atoms with Gasteiger partial charge in [0.2, 0.25) is 5.79 Å². The molecule has 1 N–H and O–H groups in total. The van der Waals surface area contributed by atoms with Crippen LogP contribution >= 0.6 is 11.6 Å². The Morgan fingerprint density at radius 2 is 1.83 bits per heavy atom. The molecule has 3 fully saturated rings. The maximum atomic E-state index is 12.9. The summed E-state index contributed by atoms with van der Waals surface area (Å²) in [6, 6.07) is 6.89. The van der Waals surface area contributed by atoms with E-state index in [4.69, 9.17) is 35.3 Å². The van der Waals surface area contributed by atoms with Crippen molar-refractivity contribution in [2.75, 3.05) is 38.2 Å². The number of ether oxygens (including phenoxy) is 5. The zero-order valence-corrected chi connectivity index (χ0v) is 22.6. The summed E-state index contributed by atoms with van der Waals surface area (Å²) in [5, 5.41) is 3.38. The summed E-state index contributed by atoms with van der Waals surface area (Å²) in [5.41, 5.74) is 0.598. The van der Waals surface area contributed by atoms with Crippen LogP contribution in [-0.4, -0.2) is 73.7 Å². The van der Waals surface area contributed by atoms with Crippen molar-refractivity contribution in [2.24, 2.45) is 0 Å². The monoisotopic (exact) mass is 524 g/mol. The molecule has 3 saturated heterocycles. The van der Waals surface area contributed by atoms with Crippen LogP contribution in [0.2, 0.25) is 5.02 Å². The minimum Gasteiger partial charge on any atom is -0.440 e. The Balaban J connectivity index is 1.44. The molecule has 0 unspecified atom stereocenters. The summed E-state index contributed by atoms with van der Waals surface area (Å²) < 4.78 is 31.2. The number of unbranched alkanes of at least 4 members (excludes halogenated alkanes) is 4. The van der Waals surface area contributed by atoms with Crippen LogP contribution in [0.15, 0.2) is 24.3 Å². The zero-order valence-electron chi connectivity index (χ0n) is 21.8. The van der Waals surface area contributed by atoms with E-state index in [1.165, 1.54) is 19.3 Å². The predicted octanol–water partition coefficient (Wildman–Crippen LogP) is 5.59. The molecule has 3 heterocycles. The molecule has 0 aliphatic carbocycles. The Morgan fingerprint density at radius 3 is 2.56 bits per heavy atom. The number of hydrogen-bond donors (Lipinski definition) is 1. The SMILES string of the molecule is CCCCCCCOC[C@@]12O[C@@H](CN3CCCC3)[C@@H](OC(=O)Nc3ccc(Cl)cc3)[C@@H]1OC(C)(C)O2. The largest absolute Gasteiger partial charge is 0.440 e. The van der Waals surface area contributed by atoms with Gasteiger partial charge in [-0.15, -0.1) is 0 Å². The number of hydrogen-bond acceptors (Lipinski definition) is 7. The Labute approximate surface area is 219 Å². The van der Waals surface area contributed by atoms with Gasteiger partial charge in [-0.2, -0.15) is 0 Å². The third-order valence-electron chi connectivity index (χ3n) is 6.94. The number of benzene rings is 1. The number of carbonyl (C=O) groups is 1. The van der Waals surface area contributed by atoms with Gasteiger partial charge in [0, 0.05) is 23.9 Å². The molecule has 1 aromatic rings. The van der Waals surface area contributed by atoms with Gasteiger partial charge in [0.15, 0.2) is 18.0 Å². The molecule has 4 rings (SSSR count). The second-order valence-electron chi connectivity index (χ2n) is 10.5. The van der Waals surface area contributed by atoms with Crippen molar-refractivity contribution in [3.05, 3.63) is 29.3 Å². The lowest BCUT2D eigenvalue weighted by atomic mass is 10.0. The lowest BCUT2D eigenvalue weighted by Crippen LogP contribution is -2.46. The molecular formula is C27H41ClN2O6. The summed E-state index contributed by atoms with van der Waals surface area (Å²) >= 11 is 5.97. The molecule has 4 atom stereocenters. The van der Waals surface area contributed by atoms with Gasteiger partial charge in [0.25, 0.3) is 0 Å². The highest BCUT2D eigenvalue weighted by Crippen LogP contribution is 2.47. The Kier molecular flexibility index (Phi) is 9.52. The van der Waals surface area contributed by atoms with Gasteiger partial charge in [-0.25, -0.2) is 4.79 Å². The zero-order chi connectivity index (χ0) is 25.6. The first-order valence-corrected chi connectivity index (χ1v) is 13.8. The van der Waals surface area contributed by atoms with Crippen LogP contribution in [0.1, 0.15) is 65.7 Å². The maximum absolute atomic E-state index is 12.9. The van der Waals surface area contributed by atoms with E-state index in [9.17, 15) is 4.79 Å². The summed E-state index contributed by atoms with van der Waals surface area (Å²) in [5.74, 6) is -2.01. The van der Waals surface area contributed by atoms with Crippen molar-refractivity contribution in [2.45, 2.75) is 95.6 Å². The number of fused-ring (bicyclic) bond motifs is 1. The molecule has 3 aliphatic rings. The second kappa shape index (κ2) is 12.4. The van der Waals surface area contributed by atoms with E-state index in [0.717, 1.165) is 38.8 Å². The van der Waals surface area contributed by atoms with Gasteiger partial charge in [-0.1, -0.05) is 44.2 Å². The normalized spacial score (nSPS) is 29.4. The van der Waals surface area contributed by atoms with Crippen LogP contribution in [0.3, 0.4) is 0 Å². The molecule has 0 saturated carbocycles. The molecule has 3 aliphatic heterocycles. The minimum atomic E-state index is -1.12. The Bertz CT molecular complexity index is 847. The van der Waals surface area contributed by atoms with Crippen LogP contribution in [0.5, 0.6) is 0 Å². The van der Waals surface area contributed by atoms with E-state index in [2.05, 4.69) is 17.1 Å². The average Bonchev–Trinajstić information content (AvgIpc) is 3.49. The standard InChI is InChI=1S/C27H41ClN2O6/c1-4-5-6-7-10-17-32-19-27-24(35-26(2,3)36-27)23(22(34-27)18-30-15-8-9-16-30)33-25(31)29-21-13-11-20(28)12-14-21/h11-14,22-24H,4-10,15-19H2,1-3H3,(H,29,31)/t22-,23+,24-,27-/m0/s1. The summed E-state index contributed by atoms with van der Waals surface area (Å²) in [6.45, 7) is 9.41. The van der Waals surface area contributed by atoms with E-state index in [-0.39, 0.29) is 6.61 Å². The van der Waals surface area contributed by atoms with Gasteiger partial charge in [-0.3, -0.25) is 5.32 Å². The minimum absolute atomic E-state index is 0.226. The van der Waals surface area contributed by atoms with Crippen molar-refractivity contribution in [1.82, 2.24) is 4.90 Å². The topological polar surface area (TPSA) is 78.5 Å². The van der Waals surface area contributed by atoms with Crippen molar-refractivity contribution >= 4 is 23.4 Å². The first kappa shape index (κ1) is 27.6. The number of anilines is 1. The van der Waals surface area contributed by atoms with Crippen LogP contribution in [0.25, 0.3) is 0 Å². The van der Waals surface area contributed by atoms with Crippen LogP contribution in [0, 0.1) is 0 Å². The van der Waals surface area contributed by atoms with Gasteiger partial charge < -0.3 is 28.6 Å². The van der Waals surface area contributed by atoms with Crippen LogP contribution in [0.4, 0.5) is 10.5 Å². The molecule has 1 amide bonds. The number of halogens is 1. The van der Waals surface area contributed by atoms with Crippen molar-refractivity contribution in [1.29, 1.82) is 0 Å². The number of rotatable bonds is 12. The summed E-state index contributed by atoms with van der Waals surface area (Å²) in [4.78, 5) is 15.3. The molecule has 36 heavy (non-hydrogen) atoms. The maximum Gasteiger partial charge on any atom is 0.412 e. The molecule has 8 nitrogen and oxygen atoms in total. The highest BCUT2D eigenvalue weighted by molar-refractivity contribution is 6.30. The van der Waals surface area contributed by atoms with E-state index >= 15 is 0 Å². The number of nitrogens with one attached hydrogen (secondary N) is 1. The van der Waals surface area contributed by atoms with Crippen LogP contribution < -0.4 is 5.32 Å². The molecule has 0 bridgehead atoms. The molecule has 202 valence electrons. The lowest BCUT2D eigenvalue weighted by Gasteiger charge is -2.30. The second-order valence-corrected chi connectivity index (χ2v) is 10.9. The number of carbonyl (C=O) groups excluding carboxylic acids is 1. The molecule has 9 heteroatoms. The highest BCUT2D eigenvalue weighted by atomic mass is 35.5. The van der Waals surface area contributed by atoms with Gasteiger partial charge >= 0.3 is 6.09 Å². The fraction of sp³-hybridized carbons (Fsp3) is 0.741. The van der Waals surface area contributed by atoms with E-state index in [1.54, 1.807) is 24.3 Å². The Hall–Kier alpha value is -1.42. The first-order chi connectivity index (χ1) is 17.3. The van der Waals surface area contributed by atoms with Crippen LogP contribution in [-0.2, 0) is 23.7 Å². The quantitative estimate of drug-likeness (QED) is 0.357. The fourth-order valence-electron chi connectivity index (χ4n) is 5.29. The highest BCUT2D eigenvalue weighted by Gasteiger charge is 2.66. The average molecular weight is 525 g/mol. The van der Waals surface area contributed by atoms with Crippen molar-refractivity contribution in [3.8, 4) is 0 Å². The fourth-order valence-corrected chi connectivity index (χ4v) is 5.42.